The zero-order valence-electron chi connectivity index (χ0n) is 20.2. The van der Waals surface area contributed by atoms with Crippen LogP contribution in [0.25, 0.3) is 0 Å². The van der Waals surface area contributed by atoms with Gasteiger partial charge in [0.05, 0.1) is 0 Å². The summed E-state index contributed by atoms with van der Waals surface area (Å²) >= 11 is 3.70. The largest absolute Gasteiger partial charge is 0.481 e. The number of aromatic nitrogens is 5. The van der Waals surface area contributed by atoms with Gasteiger partial charge in [-0.3, -0.25) is 14.4 Å². The first-order chi connectivity index (χ1) is 18.3. The third-order valence-electron chi connectivity index (χ3n) is 6.41. The number of nitrogens with one attached hydrogen (secondary N) is 1. The Bertz CT molecular complexity index is 1300. The number of tetrazole rings is 1. The number of β-lactam (4-membered cyclic amide) rings is 1. The van der Waals surface area contributed by atoms with Gasteiger partial charge in [-0.25, -0.2) is 9.67 Å². The van der Waals surface area contributed by atoms with E-state index in [0.717, 1.165) is 30.6 Å². The Labute approximate surface area is 229 Å². The molecule has 2 saturated heterocycles. The predicted octanol–water partition coefficient (Wildman–Crippen LogP) is 0.341. The van der Waals surface area contributed by atoms with E-state index in [0.29, 0.717) is 5.16 Å². The normalized spacial score (nSPS) is 27.0. The number of nitrogens with zero attached hydrogens (tertiary/aromatic N) is 7. The highest BCUT2D eigenvalue weighted by Gasteiger charge is 2.57. The molecule has 2 amide bonds. The van der Waals surface area contributed by atoms with Crippen LogP contribution in [-0.2, 0) is 26.3 Å². The molecular weight excluding hydrogens is 554 g/mol. The number of hydrogen-bond donors (Lipinski definition) is 3. The molecule has 3 aliphatic rings. The van der Waals surface area contributed by atoms with Crippen LogP contribution in [0.1, 0.15) is 25.0 Å². The van der Waals surface area contributed by atoms with Crippen LogP contribution in [0.5, 0.6) is 0 Å². The smallest absolute Gasteiger partial charge is 0.313 e. The Morgan fingerprint density at radius 1 is 1.45 bits per heavy atom. The second-order valence-corrected chi connectivity index (χ2v) is 12.0. The fourth-order valence-corrected chi connectivity index (χ4v) is 7.51. The third-order valence-corrected chi connectivity index (χ3v) is 9.98. The van der Waals surface area contributed by atoms with Crippen LogP contribution in [0.15, 0.2) is 27.8 Å². The minimum Gasteiger partial charge on any atom is -0.481 e. The number of nitrogen functional groups attached to an aromatic ring is 1. The van der Waals surface area contributed by atoms with Crippen LogP contribution in [0.2, 0.25) is 0 Å². The first-order valence-corrected chi connectivity index (χ1v) is 14.6. The summed E-state index contributed by atoms with van der Waals surface area (Å²) in [6.45, 7) is 0.0180. The number of aliphatic carboxylic acids is 1. The fourth-order valence-electron chi connectivity index (χ4n) is 4.25. The van der Waals surface area contributed by atoms with E-state index in [2.05, 4.69) is 31.0 Å². The zero-order valence-corrected chi connectivity index (χ0v) is 22.7. The average Bonchev–Trinajstić information content (AvgIpc) is 3.54. The summed E-state index contributed by atoms with van der Waals surface area (Å²) in [5, 5.41) is 30.0. The van der Waals surface area contributed by atoms with Crippen LogP contribution < -0.4 is 11.1 Å². The van der Waals surface area contributed by atoms with Crippen LogP contribution in [0, 0.1) is 5.41 Å². The molecule has 0 radical (unpaired) electrons. The van der Waals surface area contributed by atoms with E-state index >= 15 is 0 Å². The number of fused-ring (bicyclic) bond motifs is 1. The Morgan fingerprint density at radius 3 is 2.95 bits per heavy atom. The first-order valence-electron chi connectivity index (χ1n) is 11.7. The lowest BCUT2D eigenvalue weighted by atomic mass is 9.89. The molecule has 4 atom stereocenters. The number of rotatable bonds is 9. The van der Waals surface area contributed by atoms with Crippen LogP contribution in [0.4, 0.5) is 5.13 Å². The second-order valence-electron chi connectivity index (χ2n) is 9.09. The van der Waals surface area contributed by atoms with Crippen LogP contribution in [-0.4, -0.2) is 94.3 Å². The topological polar surface area (TPSA) is 191 Å². The van der Waals surface area contributed by atoms with Gasteiger partial charge in [0.15, 0.2) is 10.8 Å². The van der Waals surface area contributed by atoms with Gasteiger partial charge in [-0.2, -0.15) is 0 Å². The fraction of sp³-hybridized carbons (Fsp3) is 0.524. The number of carboxylic acid groups (broad SMARTS) is 1. The van der Waals surface area contributed by atoms with Crippen LogP contribution >= 0.6 is 34.9 Å². The van der Waals surface area contributed by atoms with Crippen molar-refractivity contribution in [2.75, 3.05) is 23.8 Å². The van der Waals surface area contributed by atoms with Gasteiger partial charge in [0.25, 0.3) is 5.91 Å². The molecule has 1 aliphatic carbocycles. The molecule has 38 heavy (non-hydrogen) atoms. The summed E-state index contributed by atoms with van der Waals surface area (Å²) in [6, 6.07) is -0.828. The predicted molar refractivity (Wildman–Crippen MR) is 140 cm³/mol. The molecule has 0 spiro atoms. The number of carbonyl (C=O) groups is 3. The molecule has 4 heterocycles. The molecule has 0 aromatic carbocycles. The molecule has 17 heteroatoms. The minimum atomic E-state index is -1.19. The summed E-state index contributed by atoms with van der Waals surface area (Å²) < 4.78 is 1.46. The quantitative estimate of drug-likeness (QED) is 0.122. The van der Waals surface area contributed by atoms with Crippen molar-refractivity contribution < 1.29 is 24.3 Å². The highest BCUT2D eigenvalue weighted by Crippen LogP contribution is 2.44. The lowest BCUT2D eigenvalue weighted by molar-refractivity contribution is -0.157. The molecule has 2 aromatic rings. The molecule has 3 unspecified atom stereocenters. The lowest BCUT2D eigenvalue weighted by Crippen LogP contribution is -2.74. The SMILES string of the molecule is Cn1nnnc1SCC1(C(=O)O)CS[C@@H]2C(NC(=O)C(=NOC3C=CCCC3)c3csc(N)n3)C(=O)N2C1. The molecule has 2 aromatic heterocycles. The Kier molecular flexibility index (Phi) is 7.58. The summed E-state index contributed by atoms with van der Waals surface area (Å²) in [4.78, 5) is 49.8. The number of thiazole rings is 1. The van der Waals surface area contributed by atoms with Gasteiger partial charge in [-0.15, -0.1) is 28.2 Å². The van der Waals surface area contributed by atoms with Crippen molar-refractivity contribution in [2.24, 2.45) is 17.6 Å². The average molecular weight is 580 g/mol. The van der Waals surface area contributed by atoms with E-state index in [1.807, 2.05) is 12.2 Å². The third kappa shape index (κ3) is 5.22. The number of allylic oxidation sites excluding steroid dienone is 1. The van der Waals surface area contributed by atoms with Crippen molar-refractivity contribution in [3.8, 4) is 0 Å². The number of anilines is 1. The number of nitrogens with two attached hydrogens (primary N) is 1. The maximum Gasteiger partial charge on any atom is 0.313 e. The standard InChI is InChI=1S/C21H25N9O5S3/c1-29-20(25-27-28-29)38-10-21(18(33)34)8-30-16(32)14(17(30)37-9-21)24-15(31)13(12-7-36-19(22)23-12)26-35-11-5-3-2-4-6-11/h3,5,7,11,14,17H,2,4,6,8-10H2,1H3,(H2,22,23)(H,24,31)(H,33,34)/t11?,14?,17-,21?/m1/s1. The molecule has 0 bridgehead atoms. The zero-order chi connectivity index (χ0) is 26.9. The molecule has 14 nitrogen and oxygen atoms in total. The Morgan fingerprint density at radius 2 is 2.29 bits per heavy atom. The van der Waals surface area contributed by atoms with E-state index in [-0.39, 0.29) is 46.6 Å². The van der Waals surface area contributed by atoms with Gasteiger partial charge in [0.1, 0.15) is 28.6 Å². The summed E-state index contributed by atoms with van der Waals surface area (Å²) in [5.41, 5.74) is 4.76. The van der Waals surface area contributed by atoms with Crippen LogP contribution in [0.3, 0.4) is 0 Å². The summed E-state index contributed by atoms with van der Waals surface area (Å²) in [6.07, 6.45) is 6.36. The van der Waals surface area contributed by atoms with Crippen molar-refractivity contribution in [3.05, 3.63) is 23.2 Å². The molecule has 4 N–H and O–H groups in total. The summed E-state index contributed by atoms with van der Waals surface area (Å²) in [7, 11) is 1.67. The highest BCUT2D eigenvalue weighted by molar-refractivity contribution is 8.00. The van der Waals surface area contributed by atoms with Gasteiger partial charge < -0.3 is 25.9 Å². The number of aryl methyl sites for hydroxylation is 1. The molecule has 2 fully saturated rings. The van der Waals surface area contributed by atoms with Gasteiger partial charge in [0.2, 0.25) is 11.1 Å². The van der Waals surface area contributed by atoms with E-state index in [9.17, 15) is 19.5 Å². The number of hydrogen-bond acceptors (Lipinski definition) is 13. The Balaban J connectivity index is 1.26. The van der Waals surface area contributed by atoms with Crippen molar-refractivity contribution >= 4 is 63.5 Å². The monoisotopic (exact) mass is 579 g/mol. The van der Waals surface area contributed by atoms with Gasteiger partial charge >= 0.3 is 5.97 Å². The van der Waals surface area contributed by atoms with E-state index in [4.69, 9.17) is 10.6 Å². The molecule has 5 rings (SSSR count). The van der Waals surface area contributed by atoms with Gasteiger partial charge in [-0.1, -0.05) is 23.0 Å². The lowest BCUT2D eigenvalue weighted by Gasteiger charge is -2.53. The Hall–Kier alpha value is -3.18. The van der Waals surface area contributed by atoms with E-state index in [1.165, 1.54) is 33.1 Å². The van der Waals surface area contributed by atoms with E-state index in [1.54, 1.807) is 12.4 Å². The highest BCUT2D eigenvalue weighted by atomic mass is 32.2. The van der Waals surface area contributed by atoms with E-state index < -0.39 is 28.7 Å². The summed E-state index contributed by atoms with van der Waals surface area (Å²) in [5.74, 6) is -1.54. The molecular formula is C21H25N9O5S3. The van der Waals surface area contributed by atoms with Crippen molar-refractivity contribution in [1.29, 1.82) is 0 Å². The van der Waals surface area contributed by atoms with Crippen molar-refractivity contribution in [3.63, 3.8) is 0 Å². The molecule has 2 aliphatic heterocycles. The number of carbonyl (C=O) groups excluding carboxylic acids is 2. The number of carboxylic acids is 1. The van der Waals surface area contributed by atoms with Crippen molar-refractivity contribution in [1.82, 2.24) is 35.4 Å². The first kappa shape index (κ1) is 26.4. The minimum absolute atomic E-state index is 0.0180. The molecule has 202 valence electrons. The van der Waals surface area contributed by atoms with Crippen molar-refractivity contribution in [2.45, 2.75) is 41.9 Å². The number of thioether (sulfide) groups is 2. The maximum atomic E-state index is 13.2. The second kappa shape index (κ2) is 10.9. The number of oxime groups is 1. The number of amides is 2. The van der Waals surface area contributed by atoms with Gasteiger partial charge in [0, 0.05) is 30.5 Å². The maximum absolute atomic E-state index is 13.2. The van der Waals surface area contributed by atoms with Gasteiger partial charge in [-0.05, 0) is 35.8 Å². The molecule has 0 saturated carbocycles.